The van der Waals surface area contributed by atoms with Crippen molar-refractivity contribution < 1.29 is 4.74 Å². The minimum atomic E-state index is 0.238. The van der Waals surface area contributed by atoms with E-state index in [0.29, 0.717) is 22.0 Å². The van der Waals surface area contributed by atoms with Crippen LogP contribution in [-0.4, -0.2) is 9.97 Å². The summed E-state index contributed by atoms with van der Waals surface area (Å²) in [6, 6.07) is 9.45. The number of rotatable bonds is 4. The van der Waals surface area contributed by atoms with Gasteiger partial charge in [-0.15, -0.1) is 0 Å². The lowest BCUT2D eigenvalue weighted by Gasteiger charge is -2.09. The lowest BCUT2D eigenvalue weighted by molar-refractivity contribution is 0.295. The molecule has 0 aliphatic carbocycles. The number of nitrogens with zero attached hydrogens (tertiary/aromatic N) is 2. The molecule has 0 fully saturated rings. The van der Waals surface area contributed by atoms with Crippen LogP contribution in [-0.2, 0) is 6.61 Å². The minimum absolute atomic E-state index is 0.238. The fourth-order valence-electron chi connectivity index (χ4n) is 1.61. The highest BCUT2D eigenvalue weighted by Crippen LogP contribution is 2.21. The first kappa shape index (κ1) is 14.1. The van der Waals surface area contributed by atoms with Gasteiger partial charge in [-0.05, 0) is 23.6 Å². The van der Waals surface area contributed by atoms with Crippen LogP contribution in [0.3, 0.4) is 0 Å². The third kappa shape index (κ3) is 4.08. The van der Waals surface area contributed by atoms with Gasteiger partial charge in [0, 0.05) is 6.07 Å². The largest absolute Gasteiger partial charge is 0.486 e. The molecule has 1 aromatic heterocycles. The van der Waals surface area contributed by atoms with Crippen LogP contribution < -0.4 is 4.74 Å². The molecule has 0 saturated heterocycles. The van der Waals surface area contributed by atoms with E-state index in [4.69, 9.17) is 27.9 Å². The molecule has 1 aromatic carbocycles. The molecule has 0 spiro atoms. The Hall–Kier alpha value is -1.32. The van der Waals surface area contributed by atoms with Crippen molar-refractivity contribution in [2.24, 2.45) is 0 Å². The van der Waals surface area contributed by atoms with E-state index < -0.39 is 0 Å². The molecule has 0 N–H and O–H groups in total. The molecule has 0 amide bonds. The number of hydrogen-bond acceptors (Lipinski definition) is 3. The first-order chi connectivity index (χ1) is 9.04. The van der Waals surface area contributed by atoms with Crippen molar-refractivity contribution in [3.8, 4) is 5.75 Å². The van der Waals surface area contributed by atoms with Gasteiger partial charge in [-0.25, -0.2) is 9.97 Å². The van der Waals surface area contributed by atoms with E-state index in [1.165, 1.54) is 11.6 Å². The topological polar surface area (TPSA) is 35.0 Å². The zero-order valence-corrected chi connectivity index (χ0v) is 12.2. The van der Waals surface area contributed by atoms with E-state index in [1.54, 1.807) is 0 Å². The highest BCUT2D eigenvalue weighted by Gasteiger charge is 2.04. The first-order valence-corrected chi connectivity index (χ1v) is 6.72. The predicted octanol–water partition coefficient (Wildman–Crippen LogP) is 4.49. The summed E-state index contributed by atoms with van der Waals surface area (Å²) < 4.78 is 5.65. The van der Waals surface area contributed by atoms with Crippen LogP contribution in [0.4, 0.5) is 0 Å². The van der Waals surface area contributed by atoms with Gasteiger partial charge in [0.1, 0.15) is 22.7 Å². The quantitative estimate of drug-likeness (QED) is 0.780. The van der Waals surface area contributed by atoms with Crippen molar-refractivity contribution in [2.75, 3.05) is 0 Å². The number of halogens is 2. The van der Waals surface area contributed by atoms with Gasteiger partial charge in [0.15, 0.2) is 5.82 Å². The van der Waals surface area contributed by atoms with Crippen LogP contribution in [0.5, 0.6) is 5.75 Å². The average molecular weight is 297 g/mol. The Balaban J connectivity index is 2.07. The van der Waals surface area contributed by atoms with Gasteiger partial charge >= 0.3 is 0 Å². The van der Waals surface area contributed by atoms with E-state index in [1.807, 2.05) is 18.2 Å². The third-order valence-corrected chi connectivity index (χ3v) is 2.99. The summed E-state index contributed by atoms with van der Waals surface area (Å²) in [6.07, 6.45) is 0. The molecule has 100 valence electrons. The van der Waals surface area contributed by atoms with E-state index >= 15 is 0 Å². The van der Waals surface area contributed by atoms with Gasteiger partial charge in [0.2, 0.25) is 0 Å². The van der Waals surface area contributed by atoms with Crippen LogP contribution >= 0.6 is 23.2 Å². The maximum absolute atomic E-state index is 5.81. The lowest BCUT2D eigenvalue weighted by atomic mass is 10.0. The standard InChI is InChI=1S/C14H14Cl2N2O/c1-9(2)10-4-3-5-11(6-10)19-8-14-17-12(15)7-13(16)18-14/h3-7,9H,8H2,1-2H3. The number of ether oxygens (including phenoxy) is 1. The van der Waals surface area contributed by atoms with Crippen LogP contribution in [0.15, 0.2) is 30.3 Å². The summed E-state index contributed by atoms with van der Waals surface area (Å²) in [5.41, 5.74) is 1.22. The van der Waals surface area contributed by atoms with Crippen LogP contribution in [0, 0.1) is 0 Å². The second-order valence-electron chi connectivity index (χ2n) is 4.45. The molecule has 0 bridgehead atoms. The Labute approximate surface area is 122 Å². The monoisotopic (exact) mass is 296 g/mol. The fourth-order valence-corrected chi connectivity index (χ4v) is 2.07. The summed E-state index contributed by atoms with van der Waals surface area (Å²) in [6.45, 7) is 4.51. The maximum atomic E-state index is 5.81. The summed E-state index contributed by atoms with van der Waals surface area (Å²) in [4.78, 5) is 8.10. The van der Waals surface area contributed by atoms with Gasteiger partial charge in [0.05, 0.1) is 0 Å². The van der Waals surface area contributed by atoms with E-state index in [-0.39, 0.29) is 6.61 Å². The van der Waals surface area contributed by atoms with Crippen molar-refractivity contribution in [3.05, 3.63) is 52.0 Å². The van der Waals surface area contributed by atoms with Gasteiger partial charge in [-0.1, -0.05) is 49.2 Å². The summed E-state index contributed by atoms with van der Waals surface area (Å²) in [7, 11) is 0. The predicted molar refractivity (Wildman–Crippen MR) is 76.9 cm³/mol. The van der Waals surface area contributed by atoms with Crippen molar-refractivity contribution in [2.45, 2.75) is 26.4 Å². The van der Waals surface area contributed by atoms with Gasteiger partial charge in [-0.3, -0.25) is 0 Å². The lowest BCUT2D eigenvalue weighted by Crippen LogP contribution is -2.02. The second kappa shape index (κ2) is 6.22. The molecule has 3 nitrogen and oxygen atoms in total. The molecular formula is C14H14Cl2N2O. The Kier molecular flexibility index (Phi) is 4.61. The van der Waals surface area contributed by atoms with Gasteiger partial charge in [0.25, 0.3) is 0 Å². The maximum Gasteiger partial charge on any atom is 0.169 e. The smallest absolute Gasteiger partial charge is 0.169 e. The number of hydrogen-bond donors (Lipinski definition) is 0. The van der Waals surface area contributed by atoms with E-state index in [2.05, 4.69) is 29.9 Å². The number of benzene rings is 1. The molecule has 0 unspecified atom stereocenters. The molecular weight excluding hydrogens is 283 g/mol. The first-order valence-electron chi connectivity index (χ1n) is 5.96. The molecule has 5 heteroatoms. The van der Waals surface area contributed by atoms with E-state index in [9.17, 15) is 0 Å². The highest BCUT2D eigenvalue weighted by atomic mass is 35.5. The minimum Gasteiger partial charge on any atom is -0.486 e. The summed E-state index contributed by atoms with van der Waals surface area (Å²) in [5.74, 6) is 1.71. The third-order valence-electron chi connectivity index (χ3n) is 2.60. The van der Waals surface area contributed by atoms with Crippen LogP contribution in [0.1, 0.15) is 31.2 Å². The van der Waals surface area contributed by atoms with Crippen molar-refractivity contribution in [1.29, 1.82) is 0 Å². The highest BCUT2D eigenvalue weighted by molar-refractivity contribution is 6.33. The molecule has 0 aliphatic heterocycles. The summed E-state index contributed by atoms with van der Waals surface area (Å²) in [5, 5.41) is 0.629. The Morgan fingerprint density at radius 3 is 2.42 bits per heavy atom. The van der Waals surface area contributed by atoms with Crippen molar-refractivity contribution in [1.82, 2.24) is 9.97 Å². The van der Waals surface area contributed by atoms with E-state index in [0.717, 1.165) is 5.75 Å². The Morgan fingerprint density at radius 2 is 1.79 bits per heavy atom. The summed E-state index contributed by atoms with van der Waals surface area (Å²) >= 11 is 11.6. The normalized spacial score (nSPS) is 10.8. The van der Waals surface area contributed by atoms with Crippen molar-refractivity contribution in [3.63, 3.8) is 0 Å². The molecule has 0 aliphatic rings. The zero-order chi connectivity index (χ0) is 13.8. The van der Waals surface area contributed by atoms with Crippen molar-refractivity contribution >= 4 is 23.2 Å². The Morgan fingerprint density at radius 1 is 1.11 bits per heavy atom. The van der Waals surface area contributed by atoms with Crippen LogP contribution in [0.25, 0.3) is 0 Å². The molecule has 19 heavy (non-hydrogen) atoms. The fraction of sp³-hybridized carbons (Fsp3) is 0.286. The molecule has 0 radical (unpaired) electrons. The molecule has 0 saturated carbocycles. The molecule has 2 aromatic rings. The average Bonchev–Trinajstić information content (AvgIpc) is 2.35. The SMILES string of the molecule is CC(C)c1cccc(OCc2nc(Cl)cc(Cl)n2)c1. The molecule has 0 atom stereocenters. The Bertz CT molecular complexity index is 553. The van der Waals surface area contributed by atoms with Crippen LogP contribution in [0.2, 0.25) is 10.3 Å². The van der Waals surface area contributed by atoms with Gasteiger partial charge < -0.3 is 4.74 Å². The molecule has 1 heterocycles. The second-order valence-corrected chi connectivity index (χ2v) is 5.22. The molecule has 2 rings (SSSR count). The van der Waals surface area contributed by atoms with Gasteiger partial charge in [-0.2, -0.15) is 0 Å². The zero-order valence-electron chi connectivity index (χ0n) is 10.7. The number of aromatic nitrogens is 2.